The smallest absolute Gasteiger partial charge is 0.261 e. The predicted molar refractivity (Wildman–Crippen MR) is 82.7 cm³/mol. The second-order valence-corrected chi connectivity index (χ2v) is 7.67. The van der Waals surface area contributed by atoms with Gasteiger partial charge in [-0.1, -0.05) is 34.1 Å². The lowest BCUT2D eigenvalue weighted by Crippen LogP contribution is -1.99. The van der Waals surface area contributed by atoms with Crippen LogP contribution in [0.2, 0.25) is 0 Å². The first-order valence-corrected chi connectivity index (χ1v) is 8.89. The minimum absolute atomic E-state index is 0.0740. The van der Waals surface area contributed by atoms with Gasteiger partial charge < -0.3 is 4.74 Å². The van der Waals surface area contributed by atoms with E-state index in [4.69, 9.17) is 15.4 Å². The summed E-state index contributed by atoms with van der Waals surface area (Å²) in [5.74, 6) is 0.629. The number of hydrogen-bond donors (Lipinski definition) is 0. The summed E-state index contributed by atoms with van der Waals surface area (Å²) in [7, 11) is 1.60. The molecule has 0 aromatic heterocycles. The first kappa shape index (κ1) is 15.4. The molecule has 106 valence electrons. The zero-order valence-electron chi connectivity index (χ0n) is 10.6. The standard InChI is InChI=1S/C14H12BrClO3S/c1-10-8-12(20(16,17)18)6-7-14(10)19-9-11-4-2-3-5-13(11)15/h2-8H,9H2,1H3. The molecular formula is C14H12BrClO3S. The Kier molecular flexibility index (Phi) is 4.73. The van der Waals surface area contributed by atoms with Crippen molar-refractivity contribution in [2.45, 2.75) is 18.4 Å². The van der Waals surface area contributed by atoms with Crippen LogP contribution < -0.4 is 4.74 Å². The third-order valence-corrected chi connectivity index (χ3v) is 4.89. The number of aryl methyl sites for hydroxylation is 1. The lowest BCUT2D eigenvalue weighted by Gasteiger charge is -2.11. The zero-order chi connectivity index (χ0) is 14.8. The van der Waals surface area contributed by atoms with E-state index in [0.29, 0.717) is 12.4 Å². The topological polar surface area (TPSA) is 43.4 Å². The average molecular weight is 376 g/mol. The van der Waals surface area contributed by atoms with Crippen LogP contribution in [0.5, 0.6) is 5.75 Å². The molecule has 0 amide bonds. The Morgan fingerprint density at radius 3 is 2.50 bits per heavy atom. The number of hydrogen-bond acceptors (Lipinski definition) is 3. The highest BCUT2D eigenvalue weighted by Crippen LogP contribution is 2.25. The largest absolute Gasteiger partial charge is 0.489 e. The molecule has 0 fully saturated rings. The summed E-state index contributed by atoms with van der Waals surface area (Å²) >= 11 is 3.45. The molecule has 2 aromatic rings. The number of halogens is 2. The Hall–Kier alpha value is -1.04. The van der Waals surface area contributed by atoms with Gasteiger partial charge in [0.1, 0.15) is 12.4 Å². The van der Waals surface area contributed by atoms with Crippen molar-refractivity contribution < 1.29 is 13.2 Å². The van der Waals surface area contributed by atoms with Gasteiger partial charge in [0.2, 0.25) is 0 Å². The second-order valence-electron chi connectivity index (χ2n) is 4.25. The van der Waals surface area contributed by atoms with Crippen LogP contribution in [0.4, 0.5) is 0 Å². The molecule has 20 heavy (non-hydrogen) atoms. The van der Waals surface area contributed by atoms with E-state index in [0.717, 1.165) is 15.6 Å². The van der Waals surface area contributed by atoms with Crippen molar-refractivity contribution in [1.82, 2.24) is 0 Å². The Balaban J connectivity index is 2.17. The number of benzene rings is 2. The molecular weight excluding hydrogens is 364 g/mol. The molecule has 3 nitrogen and oxygen atoms in total. The van der Waals surface area contributed by atoms with Crippen LogP contribution in [-0.2, 0) is 15.7 Å². The van der Waals surface area contributed by atoms with Gasteiger partial charge in [0.25, 0.3) is 9.05 Å². The van der Waals surface area contributed by atoms with Crippen LogP contribution in [-0.4, -0.2) is 8.42 Å². The van der Waals surface area contributed by atoms with Crippen LogP contribution in [0.3, 0.4) is 0 Å². The fourth-order valence-corrected chi connectivity index (χ4v) is 2.94. The van der Waals surface area contributed by atoms with Crippen molar-refractivity contribution in [3.63, 3.8) is 0 Å². The van der Waals surface area contributed by atoms with Crippen molar-refractivity contribution in [2.75, 3.05) is 0 Å². The minimum atomic E-state index is -3.71. The maximum atomic E-state index is 11.2. The summed E-state index contributed by atoms with van der Waals surface area (Å²) in [5.41, 5.74) is 1.74. The molecule has 0 radical (unpaired) electrons. The summed E-state index contributed by atoms with van der Waals surface area (Å²) in [4.78, 5) is 0.0740. The van der Waals surface area contributed by atoms with E-state index in [1.54, 1.807) is 13.0 Å². The van der Waals surface area contributed by atoms with Gasteiger partial charge in [0.15, 0.2) is 0 Å². The molecule has 6 heteroatoms. The Morgan fingerprint density at radius 2 is 1.90 bits per heavy atom. The van der Waals surface area contributed by atoms with Crippen molar-refractivity contribution >= 4 is 35.7 Å². The summed E-state index contributed by atoms with van der Waals surface area (Å²) in [6, 6.07) is 12.3. The van der Waals surface area contributed by atoms with E-state index in [2.05, 4.69) is 15.9 Å². The molecule has 0 aliphatic rings. The van der Waals surface area contributed by atoms with Gasteiger partial charge >= 0.3 is 0 Å². The molecule has 0 atom stereocenters. The highest BCUT2D eigenvalue weighted by atomic mass is 79.9. The highest BCUT2D eigenvalue weighted by Gasteiger charge is 2.12. The second kappa shape index (κ2) is 6.16. The van der Waals surface area contributed by atoms with Crippen molar-refractivity contribution in [3.8, 4) is 5.75 Å². The summed E-state index contributed by atoms with van der Waals surface area (Å²) in [5, 5.41) is 0. The minimum Gasteiger partial charge on any atom is -0.489 e. The third-order valence-electron chi connectivity index (χ3n) is 2.77. The Labute approximate surface area is 131 Å². The summed E-state index contributed by atoms with van der Waals surface area (Å²) in [6.07, 6.45) is 0. The van der Waals surface area contributed by atoms with Crippen molar-refractivity contribution in [3.05, 3.63) is 58.1 Å². The lowest BCUT2D eigenvalue weighted by molar-refractivity contribution is 0.303. The van der Waals surface area contributed by atoms with Gasteiger partial charge in [-0.2, -0.15) is 0 Å². The molecule has 0 aliphatic heterocycles. The molecule has 0 N–H and O–H groups in total. The van der Waals surface area contributed by atoms with Crippen LogP contribution in [0.25, 0.3) is 0 Å². The van der Waals surface area contributed by atoms with Crippen LogP contribution in [0, 0.1) is 6.92 Å². The van der Waals surface area contributed by atoms with Gasteiger partial charge in [-0.05, 0) is 36.8 Å². The molecule has 0 bridgehead atoms. The van der Waals surface area contributed by atoms with Crippen LogP contribution in [0.15, 0.2) is 51.8 Å². The SMILES string of the molecule is Cc1cc(S(=O)(=O)Cl)ccc1OCc1ccccc1Br. The van der Waals surface area contributed by atoms with E-state index < -0.39 is 9.05 Å². The molecule has 0 spiro atoms. The van der Waals surface area contributed by atoms with Crippen LogP contribution >= 0.6 is 26.6 Å². The maximum absolute atomic E-state index is 11.2. The Bertz CT molecular complexity index is 729. The number of rotatable bonds is 4. The zero-order valence-corrected chi connectivity index (χ0v) is 13.8. The van der Waals surface area contributed by atoms with Gasteiger partial charge in [-0.15, -0.1) is 0 Å². The maximum Gasteiger partial charge on any atom is 0.261 e. The van der Waals surface area contributed by atoms with Crippen LogP contribution in [0.1, 0.15) is 11.1 Å². The van der Waals surface area contributed by atoms with Crippen molar-refractivity contribution in [1.29, 1.82) is 0 Å². The molecule has 0 heterocycles. The van der Waals surface area contributed by atoms with Gasteiger partial charge in [0.05, 0.1) is 4.90 Å². The van der Waals surface area contributed by atoms with E-state index in [1.807, 2.05) is 24.3 Å². The lowest BCUT2D eigenvalue weighted by atomic mass is 10.2. The first-order chi connectivity index (χ1) is 9.38. The van der Waals surface area contributed by atoms with E-state index in [1.165, 1.54) is 12.1 Å². The van der Waals surface area contributed by atoms with E-state index in [9.17, 15) is 8.42 Å². The van der Waals surface area contributed by atoms with E-state index >= 15 is 0 Å². The molecule has 0 saturated carbocycles. The van der Waals surface area contributed by atoms with Crippen molar-refractivity contribution in [2.24, 2.45) is 0 Å². The molecule has 0 unspecified atom stereocenters. The normalized spacial score (nSPS) is 11.3. The van der Waals surface area contributed by atoms with Gasteiger partial charge in [-0.3, -0.25) is 0 Å². The third kappa shape index (κ3) is 3.75. The summed E-state index contributed by atoms with van der Waals surface area (Å²) < 4.78 is 29.2. The first-order valence-electron chi connectivity index (χ1n) is 5.79. The average Bonchev–Trinajstić information content (AvgIpc) is 2.38. The monoisotopic (exact) mass is 374 g/mol. The Morgan fingerprint density at radius 1 is 1.20 bits per heavy atom. The van der Waals surface area contributed by atoms with Gasteiger partial charge in [-0.25, -0.2) is 8.42 Å². The molecule has 0 saturated heterocycles. The van der Waals surface area contributed by atoms with E-state index in [-0.39, 0.29) is 4.90 Å². The highest BCUT2D eigenvalue weighted by molar-refractivity contribution is 9.10. The summed E-state index contributed by atoms with van der Waals surface area (Å²) in [6.45, 7) is 2.18. The number of ether oxygens (including phenoxy) is 1. The fourth-order valence-electron chi connectivity index (χ4n) is 1.71. The molecule has 0 aliphatic carbocycles. The van der Waals surface area contributed by atoms with Gasteiger partial charge in [0, 0.05) is 20.7 Å². The quantitative estimate of drug-likeness (QED) is 0.750. The fraction of sp³-hybridized carbons (Fsp3) is 0.143. The molecule has 2 rings (SSSR count). The molecule has 2 aromatic carbocycles. The predicted octanol–water partition coefficient (Wildman–Crippen LogP) is 4.26.